The number of benzene rings is 1. The van der Waals surface area contributed by atoms with Crippen LogP contribution in [0.5, 0.6) is 0 Å². The lowest BCUT2D eigenvalue weighted by Crippen LogP contribution is -2.12. The SMILES string of the molecule is Cc1ccc(C(=O)Nc2ccc(Br)nc2)c(Br)c1. The zero-order valence-corrected chi connectivity index (χ0v) is 12.7. The second-order valence-corrected chi connectivity index (χ2v) is 5.47. The Morgan fingerprint density at radius 2 is 2.00 bits per heavy atom. The highest BCUT2D eigenvalue weighted by Gasteiger charge is 2.10. The summed E-state index contributed by atoms with van der Waals surface area (Å²) in [6, 6.07) is 9.17. The van der Waals surface area contributed by atoms with Crippen LogP contribution in [0.1, 0.15) is 15.9 Å². The first kappa shape index (κ1) is 13.2. The average molecular weight is 370 g/mol. The molecule has 1 heterocycles. The molecule has 0 aliphatic rings. The molecule has 1 N–H and O–H groups in total. The van der Waals surface area contributed by atoms with Crippen LogP contribution >= 0.6 is 31.9 Å². The standard InChI is InChI=1S/C13H10Br2N2O/c1-8-2-4-10(11(14)6-8)13(18)17-9-3-5-12(15)16-7-9/h2-7H,1H3,(H,17,18). The molecule has 0 fully saturated rings. The van der Waals surface area contributed by atoms with Gasteiger partial charge < -0.3 is 5.32 Å². The van der Waals surface area contributed by atoms with Crippen LogP contribution in [0, 0.1) is 6.92 Å². The lowest BCUT2D eigenvalue weighted by molar-refractivity contribution is 0.102. The number of pyridine rings is 1. The molecule has 1 aromatic heterocycles. The molecule has 0 saturated heterocycles. The predicted octanol–water partition coefficient (Wildman–Crippen LogP) is 4.17. The molecule has 18 heavy (non-hydrogen) atoms. The quantitative estimate of drug-likeness (QED) is 0.807. The van der Waals surface area contributed by atoms with E-state index in [2.05, 4.69) is 42.2 Å². The fourth-order valence-corrected chi connectivity index (χ4v) is 2.36. The number of rotatable bonds is 2. The van der Waals surface area contributed by atoms with E-state index in [1.807, 2.05) is 19.1 Å². The van der Waals surface area contributed by atoms with E-state index in [-0.39, 0.29) is 5.91 Å². The van der Waals surface area contributed by atoms with Gasteiger partial charge >= 0.3 is 0 Å². The number of nitrogens with one attached hydrogen (secondary N) is 1. The monoisotopic (exact) mass is 368 g/mol. The molecule has 2 rings (SSSR count). The minimum Gasteiger partial charge on any atom is -0.321 e. The second-order valence-electron chi connectivity index (χ2n) is 3.81. The minimum absolute atomic E-state index is 0.161. The van der Waals surface area contributed by atoms with Gasteiger partial charge in [-0.2, -0.15) is 0 Å². The number of aryl methyl sites for hydroxylation is 1. The van der Waals surface area contributed by atoms with E-state index in [1.165, 1.54) is 0 Å². The van der Waals surface area contributed by atoms with E-state index in [4.69, 9.17) is 0 Å². The Hall–Kier alpha value is -1.20. The molecule has 0 atom stereocenters. The molecule has 0 aliphatic carbocycles. The van der Waals surface area contributed by atoms with Crippen molar-refractivity contribution in [3.05, 3.63) is 56.7 Å². The zero-order chi connectivity index (χ0) is 13.1. The number of aromatic nitrogens is 1. The summed E-state index contributed by atoms with van der Waals surface area (Å²) in [6.07, 6.45) is 1.60. The first-order valence-corrected chi connectivity index (χ1v) is 6.84. The third-order valence-electron chi connectivity index (χ3n) is 2.35. The third-order valence-corrected chi connectivity index (χ3v) is 3.48. The predicted molar refractivity (Wildman–Crippen MR) is 78.8 cm³/mol. The van der Waals surface area contributed by atoms with Gasteiger partial charge in [-0.05, 0) is 68.6 Å². The lowest BCUT2D eigenvalue weighted by atomic mass is 10.1. The molecule has 92 valence electrons. The van der Waals surface area contributed by atoms with Gasteiger partial charge in [0.1, 0.15) is 4.60 Å². The summed E-state index contributed by atoms with van der Waals surface area (Å²) in [5, 5.41) is 2.79. The van der Waals surface area contributed by atoms with Crippen LogP contribution in [-0.4, -0.2) is 10.9 Å². The van der Waals surface area contributed by atoms with Gasteiger partial charge in [0, 0.05) is 4.47 Å². The van der Waals surface area contributed by atoms with Crippen molar-refractivity contribution >= 4 is 43.5 Å². The second kappa shape index (κ2) is 5.63. The summed E-state index contributed by atoms with van der Waals surface area (Å²) in [5.41, 5.74) is 2.36. The molecule has 0 spiro atoms. The van der Waals surface area contributed by atoms with Crippen molar-refractivity contribution in [1.82, 2.24) is 4.98 Å². The van der Waals surface area contributed by atoms with Crippen molar-refractivity contribution in [3.8, 4) is 0 Å². The number of anilines is 1. The first-order valence-electron chi connectivity index (χ1n) is 5.25. The maximum Gasteiger partial charge on any atom is 0.256 e. The van der Waals surface area contributed by atoms with E-state index >= 15 is 0 Å². The molecule has 3 nitrogen and oxygen atoms in total. The van der Waals surface area contributed by atoms with Gasteiger partial charge in [0.25, 0.3) is 5.91 Å². The third kappa shape index (κ3) is 3.17. The van der Waals surface area contributed by atoms with Crippen LogP contribution in [-0.2, 0) is 0 Å². The molecule has 1 aromatic carbocycles. The van der Waals surface area contributed by atoms with Crippen LogP contribution in [0.4, 0.5) is 5.69 Å². The fraction of sp³-hybridized carbons (Fsp3) is 0.0769. The molecule has 0 aliphatic heterocycles. The van der Waals surface area contributed by atoms with Gasteiger partial charge in [0.15, 0.2) is 0 Å². The number of amides is 1. The normalized spacial score (nSPS) is 10.2. The van der Waals surface area contributed by atoms with Crippen LogP contribution in [0.3, 0.4) is 0 Å². The van der Waals surface area contributed by atoms with Crippen LogP contribution in [0.15, 0.2) is 45.6 Å². The van der Waals surface area contributed by atoms with Crippen molar-refractivity contribution in [1.29, 1.82) is 0 Å². The Bertz CT molecular complexity index is 582. The summed E-state index contributed by atoms with van der Waals surface area (Å²) in [4.78, 5) is 16.1. The summed E-state index contributed by atoms with van der Waals surface area (Å²) in [5.74, 6) is -0.161. The van der Waals surface area contributed by atoms with Crippen molar-refractivity contribution in [3.63, 3.8) is 0 Å². The van der Waals surface area contributed by atoms with Gasteiger partial charge in [-0.3, -0.25) is 4.79 Å². The smallest absolute Gasteiger partial charge is 0.256 e. The fourth-order valence-electron chi connectivity index (χ4n) is 1.45. The highest BCUT2D eigenvalue weighted by molar-refractivity contribution is 9.10. The maximum atomic E-state index is 12.1. The number of carbonyl (C=O) groups excluding carboxylic acids is 1. The summed E-state index contributed by atoms with van der Waals surface area (Å²) >= 11 is 6.63. The molecule has 0 saturated carbocycles. The highest BCUT2D eigenvalue weighted by Crippen LogP contribution is 2.20. The van der Waals surface area contributed by atoms with Crippen molar-refractivity contribution < 1.29 is 4.79 Å². The van der Waals surface area contributed by atoms with Gasteiger partial charge in [0.05, 0.1) is 17.4 Å². The Kier molecular flexibility index (Phi) is 4.14. The van der Waals surface area contributed by atoms with E-state index in [0.717, 1.165) is 14.6 Å². The molecular weight excluding hydrogens is 360 g/mol. The van der Waals surface area contributed by atoms with Crippen molar-refractivity contribution in [2.75, 3.05) is 5.32 Å². The molecule has 0 radical (unpaired) electrons. The largest absolute Gasteiger partial charge is 0.321 e. The van der Waals surface area contributed by atoms with Crippen molar-refractivity contribution in [2.45, 2.75) is 6.92 Å². The minimum atomic E-state index is -0.161. The molecule has 5 heteroatoms. The van der Waals surface area contributed by atoms with E-state index in [1.54, 1.807) is 24.4 Å². The summed E-state index contributed by atoms with van der Waals surface area (Å²) in [7, 11) is 0. The van der Waals surface area contributed by atoms with Gasteiger partial charge in [-0.15, -0.1) is 0 Å². The number of halogens is 2. The number of hydrogen-bond donors (Lipinski definition) is 1. The number of hydrogen-bond acceptors (Lipinski definition) is 2. The van der Waals surface area contributed by atoms with Crippen LogP contribution < -0.4 is 5.32 Å². The Morgan fingerprint density at radius 3 is 2.61 bits per heavy atom. The zero-order valence-electron chi connectivity index (χ0n) is 9.58. The topological polar surface area (TPSA) is 42.0 Å². The van der Waals surface area contributed by atoms with Crippen LogP contribution in [0.2, 0.25) is 0 Å². The lowest BCUT2D eigenvalue weighted by Gasteiger charge is -2.07. The van der Waals surface area contributed by atoms with E-state index < -0.39 is 0 Å². The maximum absolute atomic E-state index is 12.1. The molecule has 1 amide bonds. The van der Waals surface area contributed by atoms with Gasteiger partial charge in [-0.25, -0.2) is 4.98 Å². The van der Waals surface area contributed by atoms with Crippen LogP contribution in [0.25, 0.3) is 0 Å². The number of nitrogens with zero attached hydrogens (tertiary/aromatic N) is 1. The molecule has 0 bridgehead atoms. The first-order chi connectivity index (χ1) is 8.56. The summed E-state index contributed by atoms with van der Waals surface area (Å²) in [6.45, 7) is 1.98. The highest BCUT2D eigenvalue weighted by atomic mass is 79.9. The molecule has 0 unspecified atom stereocenters. The molecular formula is C13H10Br2N2O. The number of carbonyl (C=O) groups is 1. The molecule has 2 aromatic rings. The Morgan fingerprint density at radius 1 is 1.22 bits per heavy atom. The van der Waals surface area contributed by atoms with E-state index in [9.17, 15) is 4.79 Å². The Balaban J connectivity index is 2.19. The Labute approximate surface area is 122 Å². The van der Waals surface area contributed by atoms with Gasteiger partial charge in [-0.1, -0.05) is 6.07 Å². The van der Waals surface area contributed by atoms with E-state index in [0.29, 0.717) is 11.3 Å². The van der Waals surface area contributed by atoms with Gasteiger partial charge in [0.2, 0.25) is 0 Å². The average Bonchev–Trinajstić information content (AvgIpc) is 2.32. The summed E-state index contributed by atoms with van der Waals surface area (Å²) < 4.78 is 1.52. The van der Waals surface area contributed by atoms with Crippen molar-refractivity contribution in [2.24, 2.45) is 0 Å².